The van der Waals surface area contributed by atoms with Crippen LogP contribution in [0.2, 0.25) is 0 Å². The van der Waals surface area contributed by atoms with Crippen LogP contribution in [0.3, 0.4) is 0 Å². The molecule has 53 heavy (non-hydrogen) atoms. The number of unbranched alkanes of at least 4 members (excludes halogenated alkanes) is 1. The summed E-state index contributed by atoms with van der Waals surface area (Å²) in [6.07, 6.45) is 2.41. The van der Waals surface area contributed by atoms with E-state index in [1.807, 2.05) is 54.6 Å². The number of likely N-dealkylation sites (tertiary alicyclic amines) is 1. The van der Waals surface area contributed by atoms with E-state index in [0.717, 1.165) is 41.0 Å². The lowest BCUT2D eigenvalue weighted by Gasteiger charge is -2.38. The lowest BCUT2D eigenvalue weighted by molar-refractivity contribution is -0.492. The van der Waals surface area contributed by atoms with Crippen molar-refractivity contribution in [3.8, 4) is 23.0 Å². The van der Waals surface area contributed by atoms with Gasteiger partial charge >= 0.3 is 6.09 Å². The van der Waals surface area contributed by atoms with Crippen LogP contribution in [-0.4, -0.2) is 107 Å². The van der Waals surface area contributed by atoms with Crippen molar-refractivity contribution in [2.45, 2.75) is 57.3 Å². The van der Waals surface area contributed by atoms with E-state index in [2.05, 4.69) is 17.0 Å². The molecule has 3 aromatic rings. The van der Waals surface area contributed by atoms with Crippen molar-refractivity contribution in [2.24, 2.45) is 0 Å². The Morgan fingerprint density at radius 3 is 2.26 bits per heavy atom. The highest BCUT2D eigenvalue weighted by Crippen LogP contribution is 2.33. The average molecular weight is 743 g/mol. The molecule has 0 aliphatic carbocycles. The molecule has 0 spiro atoms. The topological polar surface area (TPSA) is 147 Å². The lowest BCUT2D eigenvalue weighted by Crippen LogP contribution is -2.47. The largest absolute Gasteiger partial charge is 0.497 e. The number of nitrogens with zero attached hydrogens (tertiary/aromatic N) is 2. The zero-order valence-corrected chi connectivity index (χ0v) is 31.0. The molecule has 2 atom stereocenters. The highest BCUT2D eigenvalue weighted by Gasteiger charge is 2.34. The predicted molar refractivity (Wildman–Crippen MR) is 194 cm³/mol. The minimum atomic E-state index is -0.423. The Morgan fingerprint density at radius 1 is 0.774 bits per heavy atom. The van der Waals surface area contributed by atoms with Crippen molar-refractivity contribution in [2.75, 3.05) is 74.1 Å². The maximum Gasteiger partial charge on any atom is 0.409 e. The number of ether oxygens (including phenoxy) is 8. The molecule has 0 aromatic heterocycles. The summed E-state index contributed by atoms with van der Waals surface area (Å²) in [5, 5.41) is 17.0. The van der Waals surface area contributed by atoms with Crippen LogP contribution in [0.1, 0.15) is 54.7 Å². The van der Waals surface area contributed by atoms with Crippen LogP contribution < -0.4 is 18.9 Å². The van der Waals surface area contributed by atoms with E-state index in [1.54, 1.807) is 26.2 Å². The molecule has 1 heterocycles. The van der Waals surface area contributed by atoms with Gasteiger partial charge in [0.15, 0.2) is 0 Å². The Kier molecular flexibility index (Phi) is 18.4. The second-order valence-electron chi connectivity index (χ2n) is 12.4. The molecule has 0 bridgehead atoms. The minimum Gasteiger partial charge on any atom is -0.497 e. The van der Waals surface area contributed by atoms with Crippen molar-refractivity contribution < 1.29 is 57.9 Å². The van der Waals surface area contributed by atoms with Crippen molar-refractivity contribution in [3.05, 3.63) is 83.4 Å². The Labute approximate surface area is 311 Å². The van der Waals surface area contributed by atoms with Crippen molar-refractivity contribution in [3.63, 3.8) is 0 Å². The number of methoxy groups -OCH3 is 3. The Hall–Kier alpha value is -4.15. The van der Waals surface area contributed by atoms with Gasteiger partial charge in [-0.2, -0.15) is 0 Å². The second kappa shape index (κ2) is 23.5. The standard InChI is InChI=1S/C39H54N2O12/c1-45-18-8-21-50-35-25-30(24-34(26-35)46-2)28-52-38-27-40(39(42)51-20-6-7-23-53-41(43)44)17-16-36(38)31-12-14-33(15-13-31)49-22-9-19-48-29-32-10-4-5-11-37(32)47-3/h4-5,10-15,24-26,36,38,43-44H,6-9,16-23,27-29H2,1-3H3/t36-,38?/m1/s1. The first-order valence-corrected chi connectivity index (χ1v) is 18.0. The summed E-state index contributed by atoms with van der Waals surface area (Å²) in [4.78, 5) is 19.3. The number of piperidine rings is 1. The van der Waals surface area contributed by atoms with E-state index in [4.69, 9.17) is 48.3 Å². The molecule has 292 valence electrons. The van der Waals surface area contributed by atoms with Gasteiger partial charge in [-0.15, -0.1) is 0 Å². The second-order valence-corrected chi connectivity index (χ2v) is 12.4. The first-order valence-electron chi connectivity index (χ1n) is 18.0. The highest BCUT2D eigenvalue weighted by molar-refractivity contribution is 5.67. The molecule has 2 N–H and O–H groups in total. The molecule has 3 aromatic carbocycles. The Bertz CT molecular complexity index is 1480. The molecule has 14 nitrogen and oxygen atoms in total. The third-order valence-electron chi connectivity index (χ3n) is 8.65. The van der Waals surface area contributed by atoms with Crippen LogP contribution in [-0.2, 0) is 37.0 Å². The smallest absolute Gasteiger partial charge is 0.409 e. The minimum absolute atomic E-state index is 0.0175. The number of benzene rings is 3. The number of carbonyl (C=O) groups excluding carboxylic acids is 1. The van der Waals surface area contributed by atoms with Gasteiger partial charge in [0.25, 0.3) is 0 Å². The first-order chi connectivity index (χ1) is 25.9. The molecule has 1 saturated heterocycles. The van der Waals surface area contributed by atoms with E-state index in [9.17, 15) is 4.79 Å². The van der Waals surface area contributed by atoms with Gasteiger partial charge < -0.3 is 42.8 Å². The van der Waals surface area contributed by atoms with Crippen molar-refractivity contribution in [1.29, 1.82) is 0 Å². The summed E-state index contributed by atoms with van der Waals surface area (Å²) < 4.78 is 45.9. The third kappa shape index (κ3) is 14.7. The summed E-state index contributed by atoms with van der Waals surface area (Å²) >= 11 is 0. The van der Waals surface area contributed by atoms with E-state index in [0.29, 0.717) is 76.9 Å². The zero-order chi connectivity index (χ0) is 37.7. The van der Waals surface area contributed by atoms with E-state index >= 15 is 0 Å². The van der Waals surface area contributed by atoms with Gasteiger partial charge in [-0.05, 0) is 60.7 Å². The molecule has 1 aliphatic rings. The molecule has 14 heteroatoms. The molecule has 1 unspecified atom stereocenters. The normalized spacial score (nSPS) is 15.7. The fraction of sp³-hybridized carbons (Fsp3) is 0.513. The third-order valence-corrected chi connectivity index (χ3v) is 8.65. The number of rotatable bonds is 24. The van der Waals surface area contributed by atoms with Gasteiger partial charge in [0, 0.05) is 50.7 Å². The summed E-state index contributed by atoms with van der Waals surface area (Å²) in [5.74, 6) is 2.94. The van der Waals surface area contributed by atoms with Gasteiger partial charge in [0.05, 0.1) is 78.5 Å². The molecular weight excluding hydrogens is 688 g/mol. The van der Waals surface area contributed by atoms with Gasteiger partial charge in [0.1, 0.15) is 23.0 Å². The molecule has 4 rings (SSSR count). The van der Waals surface area contributed by atoms with E-state index < -0.39 is 6.09 Å². The van der Waals surface area contributed by atoms with Crippen molar-refractivity contribution in [1.82, 2.24) is 10.3 Å². The van der Waals surface area contributed by atoms with Gasteiger partial charge in [-0.3, -0.25) is 15.3 Å². The van der Waals surface area contributed by atoms with Gasteiger partial charge in [-0.25, -0.2) is 4.79 Å². The van der Waals surface area contributed by atoms with Crippen LogP contribution in [0.15, 0.2) is 66.7 Å². The number of para-hydroxylation sites is 1. The van der Waals surface area contributed by atoms with E-state index in [-0.39, 0.29) is 37.2 Å². The van der Waals surface area contributed by atoms with Crippen LogP contribution >= 0.6 is 0 Å². The molecular formula is C39H54N2O12. The average Bonchev–Trinajstić information content (AvgIpc) is 3.18. The number of hydrogen-bond donors (Lipinski definition) is 2. The Balaban J connectivity index is 1.34. The predicted octanol–water partition coefficient (Wildman–Crippen LogP) is 6.41. The molecule has 0 radical (unpaired) electrons. The molecule has 1 aliphatic heterocycles. The molecule has 1 fully saturated rings. The summed E-state index contributed by atoms with van der Waals surface area (Å²) in [6.45, 7) is 4.06. The van der Waals surface area contributed by atoms with Crippen LogP contribution in [0.4, 0.5) is 4.79 Å². The van der Waals surface area contributed by atoms with Crippen molar-refractivity contribution >= 4 is 6.09 Å². The highest BCUT2D eigenvalue weighted by atomic mass is 17.1. The quantitative estimate of drug-likeness (QED) is 0.0771. The van der Waals surface area contributed by atoms with Crippen LogP contribution in [0, 0.1) is 0 Å². The number of hydrogen-bond acceptors (Lipinski definition) is 13. The van der Waals surface area contributed by atoms with Crippen LogP contribution in [0.25, 0.3) is 0 Å². The monoisotopic (exact) mass is 742 g/mol. The molecule has 1 amide bonds. The molecule has 0 saturated carbocycles. The van der Waals surface area contributed by atoms with Crippen LogP contribution in [0.5, 0.6) is 23.0 Å². The zero-order valence-electron chi connectivity index (χ0n) is 31.0. The van der Waals surface area contributed by atoms with Gasteiger partial charge in [0.2, 0.25) is 0 Å². The maximum absolute atomic E-state index is 13.0. The Morgan fingerprint density at radius 2 is 1.51 bits per heavy atom. The fourth-order valence-electron chi connectivity index (χ4n) is 5.91. The summed E-state index contributed by atoms with van der Waals surface area (Å²) in [6, 6.07) is 21.6. The fourth-order valence-corrected chi connectivity index (χ4v) is 5.91. The number of amides is 1. The lowest BCUT2D eigenvalue weighted by atomic mass is 9.87. The SMILES string of the molecule is COCCCOc1cc(COC2CN(C(=O)OCCCCON(O)O)CC[C@@H]2c2ccc(OCCCOCc3ccccc3OC)cc2)cc(OC)c1. The summed E-state index contributed by atoms with van der Waals surface area (Å²) in [7, 11) is 4.93. The summed E-state index contributed by atoms with van der Waals surface area (Å²) in [5.41, 5.74) is 2.98. The first kappa shape index (κ1) is 41.6. The van der Waals surface area contributed by atoms with Gasteiger partial charge in [-0.1, -0.05) is 30.3 Å². The van der Waals surface area contributed by atoms with E-state index in [1.165, 1.54) is 0 Å². The maximum atomic E-state index is 13.0. The number of carbonyl (C=O) groups is 1.